The third-order valence-electron chi connectivity index (χ3n) is 3.80. The zero-order valence-electron chi connectivity index (χ0n) is 10.4. The summed E-state index contributed by atoms with van der Waals surface area (Å²) in [6, 6.07) is 3.34. The van der Waals surface area contributed by atoms with E-state index >= 15 is 0 Å². The van der Waals surface area contributed by atoms with Crippen molar-refractivity contribution in [2.75, 3.05) is 13.2 Å². The molecule has 19 heavy (non-hydrogen) atoms. The summed E-state index contributed by atoms with van der Waals surface area (Å²) in [5.41, 5.74) is -0.345. The fraction of sp³-hybridized carbons (Fsp3) is 0.500. The maximum absolute atomic E-state index is 14.6. The van der Waals surface area contributed by atoms with Crippen molar-refractivity contribution in [2.24, 2.45) is 4.99 Å². The van der Waals surface area contributed by atoms with Gasteiger partial charge in [-0.1, -0.05) is 0 Å². The third-order valence-corrected chi connectivity index (χ3v) is 3.80. The van der Waals surface area contributed by atoms with Gasteiger partial charge in [0.2, 0.25) is 6.08 Å². The molecule has 1 aromatic rings. The van der Waals surface area contributed by atoms with E-state index in [1.807, 2.05) is 0 Å². The van der Waals surface area contributed by atoms with Crippen molar-refractivity contribution in [1.82, 2.24) is 0 Å². The molecule has 0 amide bonds. The zero-order chi connectivity index (χ0) is 13.3. The summed E-state index contributed by atoms with van der Waals surface area (Å²) in [6.45, 7) is 0.945. The van der Waals surface area contributed by atoms with Gasteiger partial charge in [0, 0.05) is 12.0 Å². The van der Waals surface area contributed by atoms with E-state index in [9.17, 15) is 9.18 Å². The summed E-state index contributed by atoms with van der Waals surface area (Å²) in [7, 11) is 0. The number of nitrogens with zero attached hydrogens (tertiary/aromatic N) is 1. The topological polar surface area (TPSA) is 47.9 Å². The van der Waals surface area contributed by atoms with Crippen LogP contribution in [0.1, 0.15) is 31.2 Å². The van der Waals surface area contributed by atoms with Gasteiger partial charge in [0.1, 0.15) is 5.54 Å². The Labute approximate surface area is 110 Å². The number of carbonyl (C=O) groups excluding carboxylic acids is 1. The Hall–Kier alpha value is -1.87. The van der Waals surface area contributed by atoms with E-state index in [0.29, 0.717) is 37.4 Å². The van der Waals surface area contributed by atoms with Crippen LogP contribution < -0.4 is 9.47 Å². The molecular weight excluding hydrogens is 249 g/mol. The summed E-state index contributed by atoms with van der Waals surface area (Å²) in [4.78, 5) is 14.4. The average molecular weight is 263 g/mol. The summed E-state index contributed by atoms with van der Waals surface area (Å²) >= 11 is 0. The zero-order valence-corrected chi connectivity index (χ0v) is 10.4. The Balaban J connectivity index is 2.08. The molecule has 0 unspecified atom stereocenters. The van der Waals surface area contributed by atoms with Gasteiger partial charge in [-0.2, -0.15) is 4.99 Å². The van der Waals surface area contributed by atoms with Crippen LogP contribution in [0.25, 0.3) is 0 Å². The van der Waals surface area contributed by atoms with Crippen LogP contribution in [-0.2, 0) is 10.3 Å². The van der Waals surface area contributed by atoms with Crippen LogP contribution in [0.15, 0.2) is 17.1 Å². The van der Waals surface area contributed by atoms with Crippen molar-refractivity contribution in [3.05, 3.63) is 23.5 Å². The SMILES string of the molecule is O=C=NC1(c2ccc3c(c2F)OCCCO3)CCC1. The lowest BCUT2D eigenvalue weighted by Gasteiger charge is -2.37. The van der Waals surface area contributed by atoms with Gasteiger partial charge >= 0.3 is 0 Å². The van der Waals surface area contributed by atoms with Crippen molar-refractivity contribution >= 4 is 6.08 Å². The second kappa shape index (κ2) is 4.67. The molecule has 0 radical (unpaired) electrons. The molecule has 0 N–H and O–H groups in total. The number of benzene rings is 1. The normalized spacial score (nSPS) is 19.8. The number of hydrogen-bond donors (Lipinski definition) is 0. The lowest BCUT2D eigenvalue weighted by molar-refractivity contribution is 0.241. The second-order valence-corrected chi connectivity index (χ2v) is 4.89. The molecule has 0 atom stereocenters. The van der Waals surface area contributed by atoms with Gasteiger partial charge in [-0.05, 0) is 31.4 Å². The maximum Gasteiger partial charge on any atom is 0.235 e. The number of aliphatic imine (C=N–C) groups is 1. The molecule has 1 fully saturated rings. The highest BCUT2D eigenvalue weighted by atomic mass is 19.1. The van der Waals surface area contributed by atoms with Crippen molar-refractivity contribution in [1.29, 1.82) is 0 Å². The molecule has 0 bridgehead atoms. The van der Waals surface area contributed by atoms with E-state index in [-0.39, 0.29) is 5.75 Å². The Kier molecular flexibility index (Phi) is 2.99. The Morgan fingerprint density at radius 1 is 1.21 bits per heavy atom. The number of halogens is 1. The Bertz CT molecular complexity index is 548. The smallest absolute Gasteiger partial charge is 0.235 e. The average Bonchev–Trinajstić information content (AvgIpc) is 2.61. The summed E-state index contributed by atoms with van der Waals surface area (Å²) in [5, 5.41) is 0. The maximum atomic E-state index is 14.6. The number of hydrogen-bond acceptors (Lipinski definition) is 4. The molecule has 0 saturated heterocycles. The number of fused-ring (bicyclic) bond motifs is 1. The van der Waals surface area contributed by atoms with Crippen LogP contribution in [0, 0.1) is 5.82 Å². The third kappa shape index (κ3) is 1.90. The van der Waals surface area contributed by atoms with E-state index in [1.165, 1.54) is 0 Å². The highest BCUT2D eigenvalue weighted by Crippen LogP contribution is 2.48. The molecule has 4 nitrogen and oxygen atoms in total. The van der Waals surface area contributed by atoms with Gasteiger partial charge in [-0.15, -0.1) is 0 Å². The quantitative estimate of drug-likeness (QED) is 0.609. The molecule has 1 aromatic carbocycles. The van der Waals surface area contributed by atoms with Crippen LogP contribution in [0.4, 0.5) is 4.39 Å². The largest absolute Gasteiger partial charge is 0.489 e. The monoisotopic (exact) mass is 263 g/mol. The molecule has 100 valence electrons. The van der Waals surface area contributed by atoms with Crippen LogP contribution in [0.5, 0.6) is 11.5 Å². The fourth-order valence-corrected chi connectivity index (χ4v) is 2.60. The van der Waals surface area contributed by atoms with Crippen LogP contribution in [0.3, 0.4) is 0 Å². The first-order valence-corrected chi connectivity index (χ1v) is 6.44. The van der Waals surface area contributed by atoms with E-state index in [1.54, 1.807) is 18.2 Å². The molecule has 1 aliphatic carbocycles. The van der Waals surface area contributed by atoms with Crippen LogP contribution in [-0.4, -0.2) is 19.3 Å². The van der Waals surface area contributed by atoms with Gasteiger partial charge in [0.25, 0.3) is 0 Å². The van der Waals surface area contributed by atoms with Crippen molar-refractivity contribution in [3.63, 3.8) is 0 Å². The first-order chi connectivity index (χ1) is 9.27. The van der Waals surface area contributed by atoms with Crippen molar-refractivity contribution < 1.29 is 18.7 Å². The summed E-state index contributed by atoms with van der Waals surface area (Å²) in [6.07, 6.45) is 4.55. The van der Waals surface area contributed by atoms with Gasteiger partial charge in [0.05, 0.1) is 13.2 Å². The highest BCUT2D eigenvalue weighted by molar-refractivity contribution is 5.49. The molecule has 1 heterocycles. The number of isocyanates is 1. The minimum atomic E-state index is -0.753. The Morgan fingerprint density at radius 2 is 2.00 bits per heavy atom. The molecule has 0 spiro atoms. The van der Waals surface area contributed by atoms with E-state index in [4.69, 9.17) is 9.47 Å². The molecule has 1 saturated carbocycles. The minimum absolute atomic E-state index is 0.141. The summed E-state index contributed by atoms with van der Waals surface area (Å²) in [5.74, 6) is 0.101. The van der Waals surface area contributed by atoms with E-state index in [2.05, 4.69) is 4.99 Å². The van der Waals surface area contributed by atoms with Gasteiger partial charge < -0.3 is 9.47 Å². The molecule has 2 aliphatic rings. The first kappa shape index (κ1) is 12.2. The molecule has 3 rings (SSSR count). The molecule has 5 heteroatoms. The van der Waals surface area contributed by atoms with Gasteiger partial charge in [-0.3, -0.25) is 0 Å². The first-order valence-electron chi connectivity index (χ1n) is 6.44. The fourth-order valence-electron chi connectivity index (χ4n) is 2.60. The second-order valence-electron chi connectivity index (χ2n) is 4.89. The van der Waals surface area contributed by atoms with Gasteiger partial charge in [0.15, 0.2) is 17.3 Å². The molecule has 0 aromatic heterocycles. The van der Waals surface area contributed by atoms with Crippen molar-refractivity contribution in [3.8, 4) is 11.5 Å². The molecular formula is C14H14FNO3. The predicted molar refractivity (Wildman–Crippen MR) is 65.7 cm³/mol. The van der Waals surface area contributed by atoms with Crippen molar-refractivity contribution in [2.45, 2.75) is 31.2 Å². The lowest BCUT2D eigenvalue weighted by Crippen LogP contribution is -2.33. The lowest BCUT2D eigenvalue weighted by atomic mass is 9.72. The van der Waals surface area contributed by atoms with Crippen LogP contribution in [0.2, 0.25) is 0 Å². The standard InChI is InChI=1S/C14H14FNO3/c15-12-10(14(16-9-17)5-1-6-14)3-4-11-13(12)19-8-2-7-18-11/h3-4H,1-2,5-8H2. The Morgan fingerprint density at radius 3 is 2.68 bits per heavy atom. The van der Waals surface area contributed by atoms with E-state index < -0.39 is 11.4 Å². The minimum Gasteiger partial charge on any atom is -0.489 e. The van der Waals surface area contributed by atoms with Crippen LogP contribution >= 0.6 is 0 Å². The number of rotatable bonds is 2. The van der Waals surface area contributed by atoms with Gasteiger partial charge in [-0.25, -0.2) is 9.18 Å². The predicted octanol–water partition coefficient (Wildman–Crippen LogP) is 2.70. The highest BCUT2D eigenvalue weighted by Gasteiger charge is 2.42. The number of ether oxygens (including phenoxy) is 2. The summed E-state index contributed by atoms with van der Waals surface area (Å²) < 4.78 is 25.4. The van der Waals surface area contributed by atoms with E-state index in [0.717, 1.165) is 12.8 Å². The molecule has 1 aliphatic heterocycles.